The van der Waals surface area contributed by atoms with Gasteiger partial charge in [-0.3, -0.25) is 4.79 Å². The first-order chi connectivity index (χ1) is 22.7. The van der Waals surface area contributed by atoms with Crippen molar-refractivity contribution >= 4 is 33.5 Å². The van der Waals surface area contributed by atoms with Gasteiger partial charge in [-0.2, -0.15) is 14.8 Å². The lowest BCUT2D eigenvalue weighted by Crippen LogP contribution is -2.60. The number of amides is 3. The van der Waals surface area contributed by atoms with E-state index in [4.69, 9.17) is 10.00 Å². The van der Waals surface area contributed by atoms with Crippen molar-refractivity contribution in [3.05, 3.63) is 113 Å². The number of sulfonamides is 1. The Morgan fingerprint density at radius 3 is 2.26 bits per heavy atom. The average molecular weight is 648 g/mol. The summed E-state index contributed by atoms with van der Waals surface area (Å²) in [6, 6.07) is 25.4. The number of pyridine rings is 1. The molecule has 6 rings (SSSR count). The number of nitrogens with one attached hydrogen (secondary N) is 1. The van der Waals surface area contributed by atoms with Crippen molar-refractivity contribution in [3.8, 4) is 17.9 Å². The Labute approximate surface area is 272 Å². The van der Waals surface area contributed by atoms with Crippen LogP contribution in [0.3, 0.4) is 0 Å². The third kappa shape index (κ3) is 5.37. The number of para-hydroxylation sites is 1. The molecule has 3 aromatic carbocycles. The molecular formula is C34H29N7O5S. The van der Waals surface area contributed by atoms with Gasteiger partial charge in [-0.05, 0) is 55.5 Å². The highest BCUT2D eigenvalue weighted by atomic mass is 32.2. The molecule has 3 amide bonds. The van der Waals surface area contributed by atoms with Crippen LogP contribution in [-0.2, 0) is 20.4 Å². The molecule has 236 valence electrons. The fourth-order valence-electron chi connectivity index (χ4n) is 5.92. The van der Waals surface area contributed by atoms with Gasteiger partial charge in [0.15, 0.2) is 5.54 Å². The highest BCUT2D eigenvalue weighted by Gasteiger charge is 2.58. The minimum atomic E-state index is -4.47. The summed E-state index contributed by atoms with van der Waals surface area (Å²) in [5.74, 6) is -0.00291. The Balaban J connectivity index is 1.44. The molecule has 1 saturated heterocycles. The Morgan fingerprint density at radius 2 is 1.60 bits per heavy atom. The topological polar surface area (TPSA) is 160 Å². The second kappa shape index (κ2) is 12.5. The molecule has 0 bridgehead atoms. The minimum Gasteiger partial charge on any atom is -0.493 e. The van der Waals surface area contributed by atoms with E-state index < -0.39 is 27.5 Å². The van der Waals surface area contributed by atoms with E-state index >= 15 is 0 Å². The van der Waals surface area contributed by atoms with Crippen LogP contribution in [0.1, 0.15) is 29.2 Å². The number of nitrogens with zero attached hydrogens (tertiary/aromatic N) is 6. The van der Waals surface area contributed by atoms with Crippen LogP contribution in [0.5, 0.6) is 5.75 Å². The third-order valence-electron chi connectivity index (χ3n) is 8.19. The molecule has 0 radical (unpaired) electrons. The lowest BCUT2D eigenvalue weighted by Gasteiger charge is -2.38. The molecular weight excluding hydrogens is 618 g/mol. The first kappa shape index (κ1) is 31.1. The van der Waals surface area contributed by atoms with E-state index in [9.17, 15) is 23.3 Å². The zero-order valence-corrected chi connectivity index (χ0v) is 26.1. The first-order valence-electron chi connectivity index (χ1n) is 14.8. The van der Waals surface area contributed by atoms with Gasteiger partial charge in [-0.1, -0.05) is 36.4 Å². The first-order valence-corrected chi connectivity index (χ1v) is 16.3. The minimum absolute atomic E-state index is 0.0150. The summed E-state index contributed by atoms with van der Waals surface area (Å²) in [5.41, 5.74) is -1.09. The number of fused-ring (bicyclic) bond motifs is 1. The van der Waals surface area contributed by atoms with Crippen molar-refractivity contribution in [2.75, 3.05) is 42.0 Å². The van der Waals surface area contributed by atoms with Gasteiger partial charge in [-0.25, -0.2) is 18.2 Å². The number of rotatable bonds is 7. The molecule has 0 saturated carbocycles. The van der Waals surface area contributed by atoms with Crippen LogP contribution in [0.2, 0.25) is 0 Å². The number of carbonyl (C=O) groups is 2. The van der Waals surface area contributed by atoms with Gasteiger partial charge >= 0.3 is 6.03 Å². The number of piperazine rings is 1. The molecule has 3 heterocycles. The maximum atomic E-state index is 14.9. The van der Waals surface area contributed by atoms with Crippen molar-refractivity contribution < 1.29 is 22.7 Å². The van der Waals surface area contributed by atoms with Crippen LogP contribution in [0.15, 0.2) is 96.0 Å². The van der Waals surface area contributed by atoms with E-state index in [1.165, 1.54) is 36.5 Å². The number of anilines is 2. The average Bonchev–Trinajstić information content (AvgIpc) is 3.36. The summed E-state index contributed by atoms with van der Waals surface area (Å²) >= 11 is 0. The zero-order chi connectivity index (χ0) is 33.2. The Bertz CT molecular complexity index is 2030. The molecule has 0 spiro atoms. The largest absolute Gasteiger partial charge is 0.493 e. The number of hydrogen-bond donors (Lipinski definition) is 1. The fourth-order valence-corrected chi connectivity index (χ4v) is 7.41. The van der Waals surface area contributed by atoms with E-state index in [-0.39, 0.29) is 52.7 Å². The molecule has 13 heteroatoms. The number of aromatic nitrogens is 1. The van der Waals surface area contributed by atoms with Gasteiger partial charge in [0.1, 0.15) is 17.6 Å². The number of ether oxygens (including phenoxy) is 1. The van der Waals surface area contributed by atoms with Crippen molar-refractivity contribution in [2.45, 2.75) is 17.4 Å². The number of nitriles is 2. The highest BCUT2D eigenvalue weighted by Crippen LogP contribution is 2.49. The molecule has 2 aliphatic heterocycles. The molecule has 1 unspecified atom stereocenters. The van der Waals surface area contributed by atoms with Crippen LogP contribution in [-0.4, -0.2) is 63.0 Å². The second-order valence-corrected chi connectivity index (χ2v) is 12.6. The second-order valence-electron chi connectivity index (χ2n) is 10.8. The van der Waals surface area contributed by atoms with Gasteiger partial charge in [0.25, 0.3) is 15.9 Å². The van der Waals surface area contributed by atoms with Crippen LogP contribution in [0.4, 0.5) is 16.3 Å². The number of urea groups is 1. The van der Waals surface area contributed by atoms with E-state index in [0.717, 1.165) is 0 Å². The Morgan fingerprint density at radius 1 is 0.915 bits per heavy atom. The Hall–Kier alpha value is -5.92. The van der Waals surface area contributed by atoms with Crippen LogP contribution < -0.4 is 19.3 Å². The lowest BCUT2D eigenvalue weighted by molar-refractivity contribution is -0.121. The quantitative estimate of drug-likeness (QED) is 0.315. The lowest BCUT2D eigenvalue weighted by atomic mass is 9.82. The van der Waals surface area contributed by atoms with Gasteiger partial charge in [0, 0.05) is 43.5 Å². The Kier molecular flexibility index (Phi) is 8.24. The molecule has 0 aliphatic carbocycles. The van der Waals surface area contributed by atoms with E-state index in [2.05, 4.69) is 16.4 Å². The molecule has 2 aliphatic rings. The molecule has 47 heavy (non-hydrogen) atoms. The predicted molar refractivity (Wildman–Crippen MR) is 172 cm³/mol. The summed E-state index contributed by atoms with van der Waals surface area (Å²) < 4.78 is 34.9. The molecule has 1 N–H and O–H groups in total. The van der Waals surface area contributed by atoms with Gasteiger partial charge < -0.3 is 19.9 Å². The van der Waals surface area contributed by atoms with Gasteiger partial charge in [0.05, 0.1) is 34.4 Å². The number of hydrogen-bond acceptors (Lipinski definition) is 9. The number of benzene rings is 3. The van der Waals surface area contributed by atoms with E-state index in [1.807, 2.05) is 11.0 Å². The van der Waals surface area contributed by atoms with Gasteiger partial charge in [-0.15, -0.1) is 0 Å². The van der Waals surface area contributed by atoms with Crippen LogP contribution in [0, 0.1) is 22.7 Å². The monoisotopic (exact) mass is 647 g/mol. The van der Waals surface area contributed by atoms with Crippen LogP contribution >= 0.6 is 0 Å². The summed E-state index contributed by atoms with van der Waals surface area (Å²) in [7, 11) is -4.47. The molecule has 1 fully saturated rings. The smallest absolute Gasteiger partial charge is 0.318 e. The maximum absolute atomic E-state index is 14.9. The molecule has 4 aromatic rings. The normalized spacial score (nSPS) is 17.4. The highest BCUT2D eigenvalue weighted by molar-refractivity contribution is 7.93. The zero-order valence-electron chi connectivity index (χ0n) is 25.3. The molecule has 1 aromatic heterocycles. The maximum Gasteiger partial charge on any atom is 0.318 e. The predicted octanol–water partition coefficient (Wildman–Crippen LogP) is 3.73. The summed E-state index contributed by atoms with van der Waals surface area (Å²) in [4.78, 5) is 36.8. The van der Waals surface area contributed by atoms with Crippen molar-refractivity contribution in [1.29, 1.82) is 10.5 Å². The van der Waals surface area contributed by atoms with Crippen molar-refractivity contribution in [1.82, 2.24) is 15.2 Å². The van der Waals surface area contributed by atoms with Crippen molar-refractivity contribution in [3.63, 3.8) is 0 Å². The van der Waals surface area contributed by atoms with Crippen LogP contribution in [0.25, 0.3) is 0 Å². The SMILES string of the molecule is CCOc1ccccc1C1(NC(=O)N2CCN(c3ccc(C#N)cn3)CC2)C(=O)N(S(=O)(=O)c2ccccc2)c2ccc(C#N)cc21. The summed E-state index contributed by atoms with van der Waals surface area (Å²) in [6.45, 7) is 3.38. The van der Waals surface area contributed by atoms with E-state index in [1.54, 1.807) is 66.4 Å². The van der Waals surface area contributed by atoms with E-state index in [0.29, 0.717) is 28.8 Å². The van der Waals surface area contributed by atoms with Gasteiger partial charge in [0.2, 0.25) is 0 Å². The van der Waals surface area contributed by atoms with Crippen molar-refractivity contribution in [2.24, 2.45) is 0 Å². The summed E-state index contributed by atoms with van der Waals surface area (Å²) in [6.07, 6.45) is 1.49. The number of carbonyl (C=O) groups excluding carboxylic acids is 2. The fraction of sp³-hybridized carbons (Fsp3) is 0.206. The molecule has 12 nitrogen and oxygen atoms in total. The summed E-state index contributed by atoms with van der Waals surface area (Å²) in [5, 5.41) is 21.9. The molecule has 1 atom stereocenters. The standard InChI is InChI=1S/C34H29N7O5S/c1-2-46-30-11-7-6-10-27(30)34(38-33(43)40-18-16-39(17-19-40)31-15-13-25(22-36)23-37-31)28-20-24(21-35)12-14-29(28)41(32(34)42)47(44,45)26-8-4-3-5-9-26/h3-15,20,23H,2,16-19H2,1H3,(H,38,43). The third-order valence-corrected chi connectivity index (χ3v) is 9.90.